The molecule has 1 aliphatic rings. The Labute approximate surface area is 88.3 Å². The Morgan fingerprint density at radius 1 is 1.73 bits per heavy atom. The van der Waals surface area contributed by atoms with Gasteiger partial charge in [-0.3, -0.25) is 4.79 Å². The summed E-state index contributed by atoms with van der Waals surface area (Å²) in [5.74, 6) is 0.665. The van der Waals surface area contributed by atoms with Gasteiger partial charge in [-0.15, -0.1) is 0 Å². The molecule has 1 saturated carbocycles. The number of carbonyl (C=O) groups is 1. The second-order valence-electron chi connectivity index (χ2n) is 4.24. The summed E-state index contributed by atoms with van der Waals surface area (Å²) in [6, 6.07) is 3.41. The summed E-state index contributed by atoms with van der Waals surface area (Å²) in [4.78, 5) is 11.4. The molecule has 1 heterocycles. The summed E-state index contributed by atoms with van der Waals surface area (Å²) in [5.41, 5.74) is -1.13. The highest BCUT2D eigenvalue weighted by Gasteiger charge is 2.32. The molecule has 0 radical (unpaired) electrons. The lowest BCUT2D eigenvalue weighted by Crippen LogP contribution is -2.39. The molecule has 4 nitrogen and oxygen atoms in total. The van der Waals surface area contributed by atoms with Gasteiger partial charge in [0.25, 0.3) is 0 Å². The van der Waals surface area contributed by atoms with E-state index in [2.05, 4.69) is 5.32 Å². The fourth-order valence-corrected chi connectivity index (χ4v) is 1.42. The largest absolute Gasteiger partial charge is 0.466 e. The summed E-state index contributed by atoms with van der Waals surface area (Å²) >= 11 is 0. The van der Waals surface area contributed by atoms with Crippen molar-refractivity contribution in [2.24, 2.45) is 5.92 Å². The summed E-state index contributed by atoms with van der Waals surface area (Å²) in [5, 5.41) is 12.7. The van der Waals surface area contributed by atoms with E-state index in [4.69, 9.17) is 4.42 Å². The van der Waals surface area contributed by atoms with Crippen LogP contribution < -0.4 is 5.32 Å². The molecule has 2 rings (SSSR count). The number of furan rings is 1. The second kappa shape index (κ2) is 3.70. The van der Waals surface area contributed by atoms with Gasteiger partial charge in [0.2, 0.25) is 5.91 Å². The van der Waals surface area contributed by atoms with E-state index in [-0.39, 0.29) is 18.4 Å². The number of aliphatic hydroxyl groups is 1. The molecule has 4 heteroatoms. The van der Waals surface area contributed by atoms with Crippen LogP contribution in [0.3, 0.4) is 0 Å². The molecule has 0 saturated heterocycles. The van der Waals surface area contributed by atoms with E-state index in [1.807, 2.05) is 0 Å². The van der Waals surface area contributed by atoms with E-state index in [0.717, 1.165) is 12.8 Å². The summed E-state index contributed by atoms with van der Waals surface area (Å²) < 4.78 is 5.11. The third-order valence-electron chi connectivity index (χ3n) is 2.61. The molecule has 1 aromatic rings. The van der Waals surface area contributed by atoms with Crippen molar-refractivity contribution in [2.45, 2.75) is 25.4 Å². The van der Waals surface area contributed by atoms with Gasteiger partial charge in [0.1, 0.15) is 11.4 Å². The molecule has 1 amide bonds. The molecule has 82 valence electrons. The van der Waals surface area contributed by atoms with Crippen molar-refractivity contribution in [3.05, 3.63) is 24.2 Å². The molecule has 15 heavy (non-hydrogen) atoms. The highest BCUT2D eigenvalue weighted by atomic mass is 16.4. The Balaban J connectivity index is 1.89. The third kappa shape index (κ3) is 2.39. The smallest absolute Gasteiger partial charge is 0.223 e. The Kier molecular flexibility index (Phi) is 2.52. The number of hydrogen-bond donors (Lipinski definition) is 2. The van der Waals surface area contributed by atoms with Crippen LogP contribution in [0, 0.1) is 5.92 Å². The highest BCUT2D eigenvalue weighted by molar-refractivity contribution is 5.80. The van der Waals surface area contributed by atoms with Gasteiger partial charge in [0, 0.05) is 5.92 Å². The summed E-state index contributed by atoms with van der Waals surface area (Å²) in [6.45, 7) is 1.81. The fraction of sp³-hybridized carbons (Fsp3) is 0.545. The van der Waals surface area contributed by atoms with Crippen molar-refractivity contribution >= 4 is 5.91 Å². The van der Waals surface area contributed by atoms with Gasteiger partial charge in [0.05, 0.1) is 12.8 Å². The van der Waals surface area contributed by atoms with Crippen LogP contribution in [-0.4, -0.2) is 17.6 Å². The topological polar surface area (TPSA) is 62.5 Å². The van der Waals surface area contributed by atoms with Gasteiger partial charge >= 0.3 is 0 Å². The lowest BCUT2D eigenvalue weighted by atomic mass is 10.0. The molecule has 0 aliphatic heterocycles. The quantitative estimate of drug-likeness (QED) is 0.778. The van der Waals surface area contributed by atoms with Crippen molar-refractivity contribution < 1.29 is 14.3 Å². The molecule has 0 aromatic carbocycles. The van der Waals surface area contributed by atoms with Gasteiger partial charge in [-0.1, -0.05) is 0 Å². The van der Waals surface area contributed by atoms with Crippen molar-refractivity contribution in [3.63, 3.8) is 0 Å². The predicted octanol–water partition coefficient (Wildman–Crippen LogP) is 1.01. The van der Waals surface area contributed by atoms with Crippen LogP contribution in [0.1, 0.15) is 25.5 Å². The molecule has 1 fully saturated rings. The van der Waals surface area contributed by atoms with Crippen molar-refractivity contribution in [1.82, 2.24) is 5.32 Å². The first-order valence-electron chi connectivity index (χ1n) is 5.14. The Hall–Kier alpha value is -1.29. The first-order valence-corrected chi connectivity index (χ1v) is 5.14. The van der Waals surface area contributed by atoms with Gasteiger partial charge < -0.3 is 14.8 Å². The standard InChI is InChI=1S/C11H15NO3/c1-11(14,9-3-2-6-15-9)7-12-10(13)8-4-5-8/h2-3,6,8,14H,4-5,7H2,1H3,(H,12,13)/t11-/m0/s1. The lowest BCUT2D eigenvalue weighted by molar-refractivity contribution is -0.123. The van der Waals surface area contributed by atoms with E-state index < -0.39 is 5.60 Å². The zero-order valence-corrected chi connectivity index (χ0v) is 8.69. The normalized spacial score (nSPS) is 19.6. The average molecular weight is 209 g/mol. The monoisotopic (exact) mass is 209 g/mol. The maximum Gasteiger partial charge on any atom is 0.223 e. The maximum absolute atomic E-state index is 11.4. The first kappa shape index (κ1) is 10.2. The van der Waals surface area contributed by atoms with Gasteiger partial charge in [-0.25, -0.2) is 0 Å². The number of nitrogens with one attached hydrogen (secondary N) is 1. The van der Waals surface area contributed by atoms with Crippen LogP contribution in [-0.2, 0) is 10.4 Å². The predicted molar refractivity (Wildman–Crippen MR) is 54.0 cm³/mol. The Morgan fingerprint density at radius 2 is 2.47 bits per heavy atom. The van der Waals surface area contributed by atoms with Crippen LogP contribution in [0.15, 0.2) is 22.8 Å². The zero-order chi connectivity index (χ0) is 10.9. The number of carbonyl (C=O) groups excluding carboxylic acids is 1. The van der Waals surface area contributed by atoms with E-state index in [1.165, 1.54) is 6.26 Å². The minimum atomic E-state index is -1.13. The summed E-state index contributed by atoms with van der Waals surface area (Å²) in [7, 11) is 0. The van der Waals surface area contributed by atoms with E-state index in [1.54, 1.807) is 19.1 Å². The van der Waals surface area contributed by atoms with Gasteiger partial charge in [-0.2, -0.15) is 0 Å². The number of amides is 1. The van der Waals surface area contributed by atoms with Crippen molar-refractivity contribution in [2.75, 3.05) is 6.54 Å². The Bertz CT molecular complexity index is 339. The van der Waals surface area contributed by atoms with Crippen LogP contribution in [0.25, 0.3) is 0 Å². The van der Waals surface area contributed by atoms with Crippen molar-refractivity contribution in [3.8, 4) is 0 Å². The fourth-order valence-electron chi connectivity index (χ4n) is 1.42. The average Bonchev–Trinajstić information content (AvgIpc) is 2.89. The molecule has 0 bridgehead atoms. The van der Waals surface area contributed by atoms with E-state index in [0.29, 0.717) is 5.76 Å². The van der Waals surface area contributed by atoms with Crippen LogP contribution >= 0.6 is 0 Å². The van der Waals surface area contributed by atoms with Crippen molar-refractivity contribution in [1.29, 1.82) is 0 Å². The maximum atomic E-state index is 11.4. The number of rotatable bonds is 4. The van der Waals surface area contributed by atoms with E-state index >= 15 is 0 Å². The first-order chi connectivity index (χ1) is 7.09. The second-order valence-corrected chi connectivity index (χ2v) is 4.24. The molecule has 2 N–H and O–H groups in total. The lowest BCUT2D eigenvalue weighted by Gasteiger charge is -2.21. The molecule has 1 aliphatic carbocycles. The van der Waals surface area contributed by atoms with Gasteiger partial charge in [0.15, 0.2) is 0 Å². The SMILES string of the molecule is C[C@](O)(CNC(=O)C1CC1)c1ccco1. The number of hydrogen-bond acceptors (Lipinski definition) is 3. The molecular formula is C11H15NO3. The molecule has 0 spiro atoms. The highest BCUT2D eigenvalue weighted by Crippen LogP contribution is 2.29. The minimum Gasteiger partial charge on any atom is -0.466 e. The van der Waals surface area contributed by atoms with Crippen LogP contribution in [0.2, 0.25) is 0 Å². The Morgan fingerprint density at radius 3 is 3.00 bits per heavy atom. The minimum absolute atomic E-state index is 0.0295. The molecule has 1 aromatic heterocycles. The third-order valence-corrected chi connectivity index (χ3v) is 2.61. The molecule has 1 atom stereocenters. The zero-order valence-electron chi connectivity index (χ0n) is 8.69. The van der Waals surface area contributed by atoms with Gasteiger partial charge in [-0.05, 0) is 31.9 Å². The summed E-state index contributed by atoms with van der Waals surface area (Å²) in [6.07, 6.45) is 3.44. The molecule has 0 unspecified atom stereocenters. The molecular weight excluding hydrogens is 194 g/mol. The van der Waals surface area contributed by atoms with E-state index in [9.17, 15) is 9.90 Å². The van der Waals surface area contributed by atoms with Crippen LogP contribution in [0.4, 0.5) is 0 Å². The van der Waals surface area contributed by atoms with Crippen LogP contribution in [0.5, 0.6) is 0 Å².